The molecule has 17 nitrogen and oxygen atoms in total. The van der Waals surface area contributed by atoms with Crippen molar-refractivity contribution >= 4 is 39.5 Å². The van der Waals surface area contributed by atoms with Gasteiger partial charge in [0.25, 0.3) is 0 Å². The summed E-state index contributed by atoms with van der Waals surface area (Å²) in [5.41, 5.74) is 0. The highest BCUT2D eigenvalue weighted by atomic mass is 31.2. The predicted octanol–water partition coefficient (Wildman–Crippen LogP) is 22.7. The highest BCUT2D eigenvalue weighted by molar-refractivity contribution is 7.47. The summed E-state index contributed by atoms with van der Waals surface area (Å²) in [5.74, 6) is -2.18. The van der Waals surface area contributed by atoms with Crippen molar-refractivity contribution in [3.8, 4) is 0 Å². The molecule has 0 spiro atoms. The van der Waals surface area contributed by atoms with E-state index in [1.165, 1.54) is 148 Å². The lowest BCUT2D eigenvalue weighted by Crippen LogP contribution is -2.30. The Balaban J connectivity index is 5.30. The largest absolute Gasteiger partial charge is 0.472 e. The molecule has 0 aliphatic rings. The lowest BCUT2D eigenvalue weighted by Gasteiger charge is -2.21. The summed E-state index contributed by atoms with van der Waals surface area (Å²) in [6, 6.07) is 0. The van der Waals surface area contributed by atoms with Crippen LogP contribution in [0.2, 0.25) is 0 Å². The Bertz CT molecular complexity index is 2100. The number of esters is 4. The molecule has 0 saturated heterocycles. The Morgan fingerprint density at radius 1 is 0.296 bits per heavy atom. The number of carbonyl (C=O) groups is 4. The van der Waals surface area contributed by atoms with E-state index in [2.05, 4.69) is 88.5 Å². The van der Waals surface area contributed by atoms with Crippen LogP contribution in [0.25, 0.3) is 0 Å². The van der Waals surface area contributed by atoms with Crippen LogP contribution in [0.3, 0.4) is 0 Å². The molecule has 0 bridgehead atoms. The molecule has 572 valence electrons. The van der Waals surface area contributed by atoms with E-state index >= 15 is 0 Å². The van der Waals surface area contributed by atoms with Gasteiger partial charge in [0.1, 0.15) is 19.3 Å². The molecule has 5 unspecified atom stereocenters. The third-order valence-electron chi connectivity index (χ3n) is 17.0. The third-order valence-corrected chi connectivity index (χ3v) is 18.9. The van der Waals surface area contributed by atoms with Crippen molar-refractivity contribution in [3.05, 3.63) is 60.8 Å². The smallest absolute Gasteiger partial charge is 0.462 e. The molecule has 0 aromatic carbocycles. The van der Waals surface area contributed by atoms with Crippen LogP contribution in [0.1, 0.15) is 362 Å². The van der Waals surface area contributed by atoms with Crippen LogP contribution in [0, 0.1) is 0 Å². The highest BCUT2D eigenvalue weighted by Crippen LogP contribution is 2.45. The number of allylic oxidation sites excluding steroid dienone is 10. The second-order valence-electron chi connectivity index (χ2n) is 26.6. The number of hydrogen-bond donors (Lipinski definition) is 3. The van der Waals surface area contributed by atoms with Crippen molar-refractivity contribution in [1.29, 1.82) is 0 Å². The summed E-state index contributed by atoms with van der Waals surface area (Å²) in [6.07, 6.45) is 70.6. The van der Waals surface area contributed by atoms with Gasteiger partial charge in [0.15, 0.2) is 12.2 Å². The molecule has 0 aliphatic carbocycles. The van der Waals surface area contributed by atoms with Crippen molar-refractivity contribution in [3.63, 3.8) is 0 Å². The normalized spacial score (nSPS) is 14.2. The quantitative estimate of drug-likeness (QED) is 0.0169. The summed E-state index contributed by atoms with van der Waals surface area (Å²) in [7, 11) is -9.94. The van der Waals surface area contributed by atoms with E-state index in [0.29, 0.717) is 25.7 Å². The monoisotopic (exact) mass is 1430 g/mol. The highest BCUT2D eigenvalue weighted by Gasteiger charge is 2.30. The Morgan fingerprint density at radius 3 is 0.857 bits per heavy atom. The fourth-order valence-electron chi connectivity index (χ4n) is 11.0. The van der Waals surface area contributed by atoms with Crippen molar-refractivity contribution in [2.45, 2.75) is 380 Å². The van der Waals surface area contributed by atoms with Crippen LogP contribution in [0.4, 0.5) is 0 Å². The minimum absolute atomic E-state index is 0.0820. The van der Waals surface area contributed by atoms with Gasteiger partial charge in [-0.25, -0.2) is 9.13 Å². The Morgan fingerprint density at radius 2 is 0.541 bits per heavy atom. The maximum atomic E-state index is 13.1. The van der Waals surface area contributed by atoms with Gasteiger partial charge in [0.2, 0.25) is 0 Å². The molecule has 0 aromatic heterocycles. The van der Waals surface area contributed by atoms with E-state index in [-0.39, 0.29) is 25.7 Å². The van der Waals surface area contributed by atoms with Crippen molar-refractivity contribution in [1.82, 2.24) is 0 Å². The maximum absolute atomic E-state index is 13.1. The molecule has 0 amide bonds. The molecule has 0 fully saturated rings. The van der Waals surface area contributed by atoms with Gasteiger partial charge in [-0.3, -0.25) is 37.3 Å². The van der Waals surface area contributed by atoms with Crippen LogP contribution >= 0.6 is 15.6 Å². The lowest BCUT2D eigenvalue weighted by molar-refractivity contribution is -0.161. The topological polar surface area (TPSA) is 237 Å². The molecule has 0 rings (SSSR count). The summed E-state index contributed by atoms with van der Waals surface area (Å²) >= 11 is 0. The number of aliphatic hydroxyl groups is 1. The average molecular weight is 1430 g/mol. The van der Waals surface area contributed by atoms with Gasteiger partial charge < -0.3 is 33.8 Å². The number of carbonyl (C=O) groups excluding carboxylic acids is 4. The first-order valence-corrected chi connectivity index (χ1v) is 42.5. The minimum Gasteiger partial charge on any atom is -0.462 e. The van der Waals surface area contributed by atoms with Crippen LogP contribution in [-0.4, -0.2) is 96.7 Å². The van der Waals surface area contributed by atoms with Crippen LogP contribution in [0.5, 0.6) is 0 Å². The zero-order chi connectivity index (χ0) is 71.8. The van der Waals surface area contributed by atoms with E-state index in [9.17, 15) is 43.2 Å². The first-order chi connectivity index (χ1) is 47.7. The van der Waals surface area contributed by atoms with Gasteiger partial charge in [-0.05, 0) is 83.5 Å². The average Bonchev–Trinajstić information content (AvgIpc) is 0.986. The second-order valence-corrected chi connectivity index (χ2v) is 29.5. The van der Waals surface area contributed by atoms with Gasteiger partial charge in [0.05, 0.1) is 26.4 Å². The SMILES string of the molecule is CC/C=C\C/C=C\C/C=C\C/C=C\CCCCCCC(=O)OCC(COP(=O)(O)OCC(O)COP(=O)(O)OCC(COC(=O)CCCCCCCCCCCCCCCCC)OC(=O)CCCCCCCCCCCCCCCCC)OC(=O)CCCCCCC/C=C\CCCC. The standard InChI is InChI=1S/C79H144O17P2/c1-5-9-13-17-21-25-29-32-35-36-39-41-45-48-52-56-60-64-77(82)89-69-74(95-78(83)65-61-57-53-49-43-28-24-20-16-12-8-4)71-93-97(85,86)91-67-73(80)68-92-98(87,88)94-72-75(96-79(84)66-62-58-54-50-46-42-38-34-31-27-23-19-15-11-7-3)70-90-76(81)63-59-55-51-47-44-40-37-33-30-26-22-18-14-10-6-2/h9,13,20-21,24-25,32,35,39,41,73-75,80H,5-8,10-12,14-19,22-23,26-31,33-34,36-38,40,42-72H2,1-4H3,(H,85,86)(H,87,88)/b13-9-,24-20-,25-21-,35-32-,41-39-. The number of aliphatic hydroxyl groups excluding tert-OH is 1. The number of phosphoric ester groups is 2. The van der Waals surface area contributed by atoms with E-state index in [0.717, 1.165) is 135 Å². The van der Waals surface area contributed by atoms with Gasteiger partial charge in [0, 0.05) is 25.7 Å². The van der Waals surface area contributed by atoms with Crippen molar-refractivity contribution in [2.75, 3.05) is 39.6 Å². The van der Waals surface area contributed by atoms with Crippen LogP contribution in [0.15, 0.2) is 60.8 Å². The Hall–Kier alpha value is -3.24. The van der Waals surface area contributed by atoms with Crippen molar-refractivity contribution < 1.29 is 80.2 Å². The molecule has 0 aromatic rings. The van der Waals surface area contributed by atoms with E-state index < -0.39 is 97.5 Å². The summed E-state index contributed by atoms with van der Waals surface area (Å²) in [6.45, 7) is 4.76. The number of rotatable bonds is 75. The first kappa shape index (κ1) is 94.8. The molecule has 0 radical (unpaired) electrons. The zero-order valence-corrected chi connectivity index (χ0v) is 64.3. The van der Waals surface area contributed by atoms with E-state index in [4.69, 9.17) is 37.0 Å². The minimum atomic E-state index is -4.97. The van der Waals surface area contributed by atoms with Gasteiger partial charge >= 0.3 is 39.5 Å². The second kappa shape index (κ2) is 72.1. The Labute approximate surface area is 597 Å². The summed E-state index contributed by atoms with van der Waals surface area (Å²) < 4.78 is 68.5. The molecule has 3 N–H and O–H groups in total. The molecular weight excluding hydrogens is 1280 g/mol. The summed E-state index contributed by atoms with van der Waals surface area (Å²) in [4.78, 5) is 72.9. The lowest BCUT2D eigenvalue weighted by atomic mass is 10.0. The van der Waals surface area contributed by atoms with Crippen LogP contribution < -0.4 is 0 Å². The molecule has 5 atom stereocenters. The molecule has 0 aliphatic heterocycles. The fraction of sp³-hybridized carbons (Fsp3) is 0.823. The number of ether oxygens (including phenoxy) is 4. The zero-order valence-electron chi connectivity index (χ0n) is 62.5. The first-order valence-electron chi connectivity index (χ1n) is 39.5. The van der Waals surface area contributed by atoms with Crippen molar-refractivity contribution in [2.24, 2.45) is 0 Å². The third kappa shape index (κ3) is 71.2. The fourth-order valence-corrected chi connectivity index (χ4v) is 12.5. The molecule has 19 heteroatoms. The maximum Gasteiger partial charge on any atom is 0.472 e. The number of hydrogen-bond acceptors (Lipinski definition) is 15. The molecule has 98 heavy (non-hydrogen) atoms. The van der Waals surface area contributed by atoms with Gasteiger partial charge in [-0.2, -0.15) is 0 Å². The Kier molecular flexibility index (Phi) is 69.7. The van der Waals surface area contributed by atoms with E-state index in [1.807, 2.05) is 0 Å². The summed E-state index contributed by atoms with van der Waals surface area (Å²) in [5, 5.41) is 10.6. The molecule has 0 heterocycles. The number of unbranched alkanes of at least 4 members (excludes halogenated alkanes) is 39. The van der Waals surface area contributed by atoms with Gasteiger partial charge in [-0.15, -0.1) is 0 Å². The van der Waals surface area contributed by atoms with E-state index in [1.54, 1.807) is 0 Å². The molecular formula is C79H144O17P2. The van der Waals surface area contributed by atoms with Gasteiger partial charge in [-0.1, -0.05) is 313 Å². The van der Waals surface area contributed by atoms with Crippen LogP contribution in [-0.2, 0) is 65.4 Å². The molecule has 0 saturated carbocycles. The predicted molar refractivity (Wildman–Crippen MR) is 400 cm³/mol. The number of phosphoric acid groups is 2.